The molecule has 0 spiro atoms. The van der Waals surface area contributed by atoms with E-state index in [1.165, 1.54) is 0 Å². The van der Waals surface area contributed by atoms with Crippen LogP contribution in [0.15, 0.2) is 29.0 Å². The summed E-state index contributed by atoms with van der Waals surface area (Å²) in [6.07, 6.45) is 2.49. The van der Waals surface area contributed by atoms with Gasteiger partial charge in [0.25, 0.3) is 0 Å². The van der Waals surface area contributed by atoms with E-state index in [9.17, 15) is 9.59 Å². The predicted molar refractivity (Wildman–Crippen MR) is 69.4 cm³/mol. The number of nitrogens with zero attached hydrogens (tertiary/aromatic N) is 2. The molecular formula is C12H18N3O4+. The fourth-order valence-electron chi connectivity index (χ4n) is 1.67. The Morgan fingerprint density at radius 1 is 1.58 bits per heavy atom. The zero-order chi connectivity index (χ0) is 14.5. The first-order chi connectivity index (χ1) is 8.82. The van der Waals surface area contributed by atoms with Crippen molar-refractivity contribution in [3.63, 3.8) is 0 Å². The molecule has 7 nitrogen and oxygen atoms in total. The Morgan fingerprint density at radius 3 is 2.79 bits per heavy atom. The number of rotatable bonds is 6. The average Bonchev–Trinajstić information content (AvgIpc) is 2.63. The molecule has 2 N–H and O–H groups in total. The van der Waals surface area contributed by atoms with Gasteiger partial charge < -0.3 is 15.2 Å². The molecule has 7 heteroatoms. The maximum atomic E-state index is 11.6. The standard InChI is InChI=1S/C12H17N3O4/c1-9-6-14-15(3,7-9)8-10(2)11(16)19-5-4-13-12(17)18/h6-7,13H,2,4-5,8H2,1,3H3/p+1. The van der Waals surface area contributed by atoms with Gasteiger partial charge in [-0.25, -0.2) is 9.59 Å². The second kappa shape index (κ2) is 6.14. The first kappa shape index (κ1) is 14.9. The van der Waals surface area contributed by atoms with Crippen LogP contribution in [0.4, 0.5) is 4.79 Å². The van der Waals surface area contributed by atoms with Crippen molar-refractivity contribution < 1.29 is 24.0 Å². The summed E-state index contributed by atoms with van der Waals surface area (Å²) in [5.74, 6) is -0.542. The van der Waals surface area contributed by atoms with Gasteiger partial charge in [0.2, 0.25) is 0 Å². The Bertz CT molecular complexity index is 456. The molecule has 1 heterocycles. The van der Waals surface area contributed by atoms with Crippen LogP contribution < -0.4 is 5.32 Å². The number of nitrogens with one attached hydrogen (secondary N) is 1. The number of hydrogen-bond acceptors (Lipinski definition) is 4. The van der Waals surface area contributed by atoms with Gasteiger partial charge in [-0.15, -0.1) is 0 Å². The first-order valence-corrected chi connectivity index (χ1v) is 5.74. The van der Waals surface area contributed by atoms with Crippen LogP contribution in [-0.4, -0.2) is 54.7 Å². The third-order valence-electron chi connectivity index (χ3n) is 2.42. The molecule has 0 radical (unpaired) electrons. The highest BCUT2D eigenvalue weighted by Gasteiger charge is 2.27. The van der Waals surface area contributed by atoms with Gasteiger partial charge >= 0.3 is 12.1 Å². The maximum absolute atomic E-state index is 11.6. The Kier molecular flexibility index (Phi) is 4.82. The molecule has 0 aromatic heterocycles. The van der Waals surface area contributed by atoms with Gasteiger partial charge in [-0.2, -0.15) is 4.59 Å². The van der Waals surface area contributed by atoms with E-state index in [-0.39, 0.29) is 17.7 Å². The molecular weight excluding hydrogens is 250 g/mol. The van der Waals surface area contributed by atoms with Crippen LogP contribution in [0.1, 0.15) is 6.92 Å². The largest absolute Gasteiger partial charge is 0.465 e. The quantitative estimate of drug-likeness (QED) is 0.321. The van der Waals surface area contributed by atoms with Crippen LogP contribution >= 0.6 is 0 Å². The topological polar surface area (TPSA) is 88.0 Å². The Labute approximate surface area is 111 Å². The van der Waals surface area contributed by atoms with Crippen LogP contribution in [0.3, 0.4) is 0 Å². The number of quaternary nitrogens is 1. The van der Waals surface area contributed by atoms with E-state index in [0.717, 1.165) is 5.57 Å². The highest BCUT2D eigenvalue weighted by Crippen LogP contribution is 2.17. The number of amides is 1. The number of likely N-dealkylation sites (N-methyl/N-ethyl adjacent to an activating group) is 1. The summed E-state index contributed by atoms with van der Waals surface area (Å²) < 4.78 is 5.12. The van der Waals surface area contributed by atoms with Gasteiger partial charge in [0.15, 0.2) is 0 Å². The number of carboxylic acid groups (broad SMARTS) is 1. The van der Waals surface area contributed by atoms with Gasteiger partial charge in [-0.3, -0.25) is 0 Å². The fourth-order valence-corrected chi connectivity index (χ4v) is 1.67. The van der Waals surface area contributed by atoms with Gasteiger partial charge in [0.05, 0.1) is 25.4 Å². The Hall–Kier alpha value is -2.15. The molecule has 0 aromatic rings. The molecule has 0 bridgehead atoms. The van der Waals surface area contributed by atoms with Crippen LogP contribution in [-0.2, 0) is 9.53 Å². The summed E-state index contributed by atoms with van der Waals surface area (Å²) >= 11 is 0. The molecule has 104 valence electrons. The van der Waals surface area contributed by atoms with Gasteiger partial charge in [0.1, 0.15) is 19.4 Å². The third kappa shape index (κ3) is 4.92. The minimum absolute atomic E-state index is 0.0218. The molecule has 1 atom stereocenters. The number of hydrogen-bond donors (Lipinski definition) is 2. The molecule has 1 aliphatic heterocycles. The molecule has 0 aromatic carbocycles. The van der Waals surface area contributed by atoms with E-state index in [0.29, 0.717) is 12.1 Å². The van der Waals surface area contributed by atoms with Crippen molar-refractivity contribution in [3.05, 3.63) is 23.9 Å². The summed E-state index contributed by atoms with van der Waals surface area (Å²) in [5, 5.41) is 14.7. The first-order valence-electron chi connectivity index (χ1n) is 5.74. The lowest BCUT2D eigenvalue weighted by Crippen LogP contribution is -2.35. The summed E-state index contributed by atoms with van der Waals surface area (Å²) in [7, 11) is 1.84. The van der Waals surface area contributed by atoms with Crippen molar-refractivity contribution in [1.29, 1.82) is 0 Å². The van der Waals surface area contributed by atoms with Crippen LogP contribution in [0, 0.1) is 0 Å². The number of carbonyl (C=O) groups excluding carboxylic acids is 1. The molecule has 0 saturated heterocycles. The smallest absolute Gasteiger partial charge is 0.404 e. The van der Waals surface area contributed by atoms with Gasteiger partial charge in [0, 0.05) is 5.57 Å². The van der Waals surface area contributed by atoms with Crippen molar-refractivity contribution in [3.8, 4) is 0 Å². The lowest BCUT2D eigenvalue weighted by atomic mass is 10.3. The molecule has 0 fully saturated rings. The molecule has 19 heavy (non-hydrogen) atoms. The van der Waals surface area contributed by atoms with E-state index in [1.54, 1.807) is 6.21 Å². The monoisotopic (exact) mass is 268 g/mol. The van der Waals surface area contributed by atoms with Gasteiger partial charge in [-0.1, -0.05) is 11.7 Å². The summed E-state index contributed by atoms with van der Waals surface area (Å²) in [4.78, 5) is 21.8. The highest BCUT2D eigenvalue weighted by molar-refractivity contribution is 5.88. The van der Waals surface area contributed by atoms with Crippen molar-refractivity contribution in [1.82, 2.24) is 5.32 Å². The molecule has 1 rings (SSSR count). The van der Waals surface area contributed by atoms with Crippen LogP contribution in [0.25, 0.3) is 0 Å². The Balaban J connectivity index is 2.36. The maximum Gasteiger partial charge on any atom is 0.404 e. The van der Waals surface area contributed by atoms with Crippen LogP contribution in [0.5, 0.6) is 0 Å². The number of ether oxygens (including phenoxy) is 1. The summed E-state index contributed by atoms with van der Waals surface area (Å²) in [5.41, 5.74) is 1.32. The lowest BCUT2D eigenvalue weighted by Gasteiger charge is -2.20. The van der Waals surface area contributed by atoms with Crippen LogP contribution in [0.2, 0.25) is 0 Å². The SMILES string of the molecule is C=C(C[N+]1(C)C=C(C)C=N1)C(=O)OCCNC(=O)O. The minimum Gasteiger partial charge on any atom is -0.465 e. The average molecular weight is 268 g/mol. The number of allylic oxidation sites excluding steroid dienone is 1. The molecule has 0 saturated carbocycles. The second-order valence-corrected chi connectivity index (χ2v) is 4.46. The van der Waals surface area contributed by atoms with Crippen molar-refractivity contribution in [2.45, 2.75) is 6.92 Å². The highest BCUT2D eigenvalue weighted by atomic mass is 16.5. The van der Waals surface area contributed by atoms with E-state index in [1.807, 2.05) is 20.2 Å². The normalized spacial score (nSPS) is 20.8. The zero-order valence-corrected chi connectivity index (χ0v) is 11.0. The molecule has 1 amide bonds. The number of carbonyl (C=O) groups is 2. The predicted octanol–water partition coefficient (Wildman–Crippen LogP) is 0.703. The van der Waals surface area contributed by atoms with Crippen molar-refractivity contribution >= 4 is 18.3 Å². The number of esters is 1. The summed E-state index contributed by atoms with van der Waals surface area (Å²) in [6, 6.07) is 0. The third-order valence-corrected chi connectivity index (χ3v) is 2.42. The van der Waals surface area contributed by atoms with Gasteiger partial charge in [-0.05, 0) is 6.92 Å². The van der Waals surface area contributed by atoms with Crippen molar-refractivity contribution in [2.75, 3.05) is 26.7 Å². The fraction of sp³-hybridized carbons (Fsp3) is 0.417. The van der Waals surface area contributed by atoms with Crippen molar-refractivity contribution in [2.24, 2.45) is 5.10 Å². The van der Waals surface area contributed by atoms with E-state index in [2.05, 4.69) is 17.0 Å². The molecule has 1 aliphatic rings. The summed E-state index contributed by atoms with van der Waals surface area (Å²) in [6.45, 7) is 5.94. The zero-order valence-electron chi connectivity index (χ0n) is 11.0. The second-order valence-electron chi connectivity index (χ2n) is 4.46. The molecule has 1 unspecified atom stereocenters. The minimum atomic E-state index is -1.15. The van der Waals surface area contributed by atoms with E-state index >= 15 is 0 Å². The Morgan fingerprint density at radius 2 is 2.26 bits per heavy atom. The lowest BCUT2D eigenvalue weighted by molar-refractivity contribution is -0.858. The molecule has 0 aliphatic carbocycles. The van der Waals surface area contributed by atoms with E-state index < -0.39 is 12.1 Å². The van der Waals surface area contributed by atoms with E-state index in [4.69, 9.17) is 9.84 Å².